The van der Waals surface area contributed by atoms with Crippen LogP contribution in [0.15, 0.2) is 66.9 Å². The average Bonchev–Trinajstić information content (AvgIpc) is 2.94. The van der Waals surface area contributed by atoms with Crippen LogP contribution in [0.3, 0.4) is 0 Å². The van der Waals surface area contributed by atoms with E-state index in [1.54, 1.807) is 65.4 Å². The first-order valence-electron chi connectivity index (χ1n) is 15.9. The summed E-state index contributed by atoms with van der Waals surface area (Å²) in [6.07, 6.45) is -0.205. The molecule has 35 heavy (non-hydrogen) atoms. The van der Waals surface area contributed by atoms with Crippen molar-refractivity contribution in [2.75, 3.05) is 30.8 Å². The molecule has 0 radical (unpaired) electrons. The fraction of sp³-hybridized carbons (Fsp3) is 0.346. The summed E-state index contributed by atoms with van der Waals surface area (Å²) in [6.45, 7) is -14.3. The Morgan fingerprint density at radius 3 is 2.31 bits per heavy atom. The maximum absolute atomic E-state index is 11.8. The fourth-order valence-corrected chi connectivity index (χ4v) is 3.48. The highest BCUT2D eigenvalue weighted by molar-refractivity contribution is 7.89. The number of amides is 1. The highest BCUT2D eigenvalue weighted by Crippen LogP contribution is 2.30. The Bertz CT molecular complexity index is 1610. The zero-order valence-corrected chi connectivity index (χ0v) is 19.7. The van der Waals surface area contributed by atoms with Crippen molar-refractivity contribution in [3.05, 3.63) is 66.9 Å². The van der Waals surface area contributed by atoms with Gasteiger partial charge in [-0.1, -0.05) is 60.7 Å². The molecule has 0 unspecified atom stereocenters. The number of sulfonamides is 1. The van der Waals surface area contributed by atoms with Crippen LogP contribution >= 0.6 is 0 Å². The third-order valence-electron chi connectivity index (χ3n) is 4.41. The largest absolute Gasteiger partial charge is 0.372 e. The molecule has 0 aliphatic rings. The van der Waals surface area contributed by atoms with E-state index in [4.69, 9.17) is 19.8 Å². The zero-order valence-electron chi connectivity index (χ0n) is 29.9. The van der Waals surface area contributed by atoms with Crippen LogP contribution < -0.4 is 9.62 Å². The highest BCUT2D eigenvalue weighted by Gasteiger charge is 2.17. The van der Waals surface area contributed by atoms with Gasteiger partial charge in [-0.15, -0.1) is 0 Å². The highest BCUT2D eigenvalue weighted by atomic mass is 32.2. The van der Waals surface area contributed by atoms with Gasteiger partial charge in [0, 0.05) is 41.2 Å². The second-order valence-electron chi connectivity index (χ2n) is 7.23. The molecule has 1 heterocycles. The second-order valence-corrected chi connectivity index (χ2v) is 8.98. The maximum atomic E-state index is 11.8. The Balaban J connectivity index is 2.16. The summed E-state index contributed by atoms with van der Waals surface area (Å²) in [6, 6.07) is 13.5. The van der Waals surface area contributed by atoms with Gasteiger partial charge in [0.1, 0.15) is 12.4 Å². The first kappa shape index (κ1) is 15.0. The van der Waals surface area contributed by atoms with Gasteiger partial charge < -0.3 is 9.64 Å². The van der Waals surface area contributed by atoms with E-state index in [1.165, 1.54) is 0 Å². The summed E-state index contributed by atoms with van der Waals surface area (Å²) in [5.41, 5.74) is 1.47. The number of nitrogens with zero attached hydrogens (tertiary/aromatic N) is 3. The summed E-state index contributed by atoms with van der Waals surface area (Å²) in [5.74, 6) is -1.83. The number of aromatic nitrogens is 2. The molecule has 3 aromatic rings. The van der Waals surface area contributed by atoms with Gasteiger partial charge in [-0.3, -0.25) is 14.5 Å². The molecule has 0 saturated heterocycles. The molecule has 0 fully saturated rings. The maximum Gasteiger partial charge on any atom is 0.259 e. The lowest BCUT2D eigenvalue weighted by Crippen LogP contribution is -2.33. The van der Waals surface area contributed by atoms with Crippen molar-refractivity contribution in [1.82, 2.24) is 14.7 Å². The molecule has 0 bridgehead atoms. The van der Waals surface area contributed by atoms with Crippen LogP contribution in [0.2, 0.25) is 0 Å². The van der Waals surface area contributed by atoms with Crippen molar-refractivity contribution in [2.45, 2.75) is 32.6 Å². The van der Waals surface area contributed by atoms with Crippen LogP contribution in [-0.2, 0) is 19.6 Å². The van der Waals surface area contributed by atoms with Crippen molar-refractivity contribution in [3.8, 4) is 22.5 Å². The predicted molar refractivity (Wildman–Crippen MR) is 138 cm³/mol. The molecule has 3 rings (SSSR count). The summed E-state index contributed by atoms with van der Waals surface area (Å²) < 4.78 is 120. The number of rotatable bonds is 12. The van der Waals surface area contributed by atoms with Crippen LogP contribution in [0.5, 0.6) is 0 Å². The van der Waals surface area contributed by atoms with Gasteiger partial charge in [0.25, 0.3) is 5.91 Å². The number of hydrogen-bond donors (Lipinski definition) is 1. The average molecular weight is 508 g/mol. The van der Waals surface area contributed by atoms with Crippen molar-refractivity contribution in [1.29, 1.82) is 0 Å². The molecule has 0 aliphatic carbocycles. The zero-order chi connectivity index (χ0) is 34.8. The Kier molecular flexibility index (Phi) is 5.30. The van der Waals surface area contributed by atoms with Crippen LogP contribution in [0.1, 0.15) is 41.6 Å². The smallest absolute Gasteiger partial charge is 0.259 e. The van der Waals surface area contributed by atoms with E-state index >= 15 is 0 Å². The lowest BCUT2D eigenvalue weighted by molar-refractivity contribution is -0.123. The van der Waals surface area contributed by atoms with Crippen molar-refractivity contribution < 1.29 is 33.0 Å². The topological polar surface area (TPSA) is 101 Å². The molecule has 1 amide bonds. The van der Waals surface area contributed by atoms with E-state index in [2.05, 4.69) is 9.97 Å². The van der Waals surface area contributed by atoms with Gasteiger partial charge in [0.05, 0.1) is 28.0 Å². The van der Waals surface area contributed by atoms with Crippen LogP contribution in [0.4, 0.5) is 5.82 Å². The third kappa shape index (κ3) is 8.15. The summed E-state index contributed by atoms with van der Waals surface area (Å²) in [7, 11) is -3.97. The number of anilines is 1. The summed E-state index contributed by atoms with van der Waals surface area (Å²) in [5, 5.41) is 0. The van der Waals surface area contributed by atoms with Gasteiger partial charge in [-0.25, -0.2) is 13.4 Å². The molecule has 9 heteroatoms. The minimum atomic E-state index is -3.97. The Hall–Kier alpha value is -3.30. The minimum absolute atomic E-state index is 0.124. The quantitative estimate of drug-likeness (QED) is 0.397. The van der Waals surface area contributed by atoms with Gasteiger partial charge in [-0.05, 0) is 26.5 Å². The summed E-state index contributed by atoms with van der Waals surface area (Å²) >= 11 is 0. The first-order valence-corrected chi connectivity index (χ1v) is 12.3. The van der Waals surface area contributed by atoms with Crippen LogP contribution in [-0.4, -0.2) is 56.2 Å². The van der Waals surface area contributed by atoms with Gasteiger partial charge >= 0.3 is 0 Å². The number of carbonyl (C=O) groups excluding carboxylic acids is 1. The molecular formula is C26H32N4O4S. The van der Waals surface area contributed by atoms with E-state index in [0.29, 0.717) is 23.1 Å². The number of hydrogen-bond acceptors (Lipinski definition) is 7. The number of carbonyl (C=O) groups is 1. The number of benzene rings is 2. The van der Waals surface area contributed by atoms with Crippen molar-refractivity contribution in [2.24, 2.45) is 0 Å². The monoisotopic (exact) mass is 507 g/mol. The lowest BCUT2D eigenvalue weighted by Gasteiger charge is -2.28. The Morgan fingerprint density at radius 1 is 1.09 bits per heavy atom. The van der Waals surface area contributed by atoms with Gasteiger partial charge in [0.2, 0.25) is 10.0 Å². The minimum Gasteiger partial charge on any atom is -0.372 e. The third-order valence-corrected chi connectivity index (χ3v) is 5.01. The molecule has 1 N–H and O–H groups in total. The Labute approximate surface area is 222 Å². The van der Waals surface area contributed by atoms with E-state index in [9.17, 15) is 13.2 Å². The molecule has 1 aromatic heterocycles. The van der Waals surface area contributed by atoms with Crippen LogP contribution in [0.25, 0.3) is 22.5 Å². The molecule has 2 aromatic carbocycles. The van der Waals surface area contributed by atoms with E-state index in [0.717, 1.165) is 6.20 Å². The van der Waals surface area contributed by atoms with E-state index < -0.39 is 74.0 Å². The number of ether oxygens (including phenoxy) is 1. The molecule has 0 spiro atoms. The SMILES string of the molecule is [2H]C([2H])(CCC([2H])([2H])N(c1cnc(-c2ccccc2)c(-c2ccccc2)n1)C([2H])(C([2H])([2H])[2H])C([2H])([2H])[2H])OCC(=O)NS(C)(=O)=O. The standard InChI is InChI=1S/C26H32N4O4S/c1-20(2)30(16-10-11-17-34-19-24(31)29-35(3,32)33)23-18-27-25(21-12-6-4-7-13-21)26(28-23)22-14-8-5-9-15-22/h4-9,12-15,18,20H,10-11,16-17,19H2,1-3H3,(H,29,31)/i1D3,2D3,16D2,17D2,20D. The molecule has 8 nitrogen and oxygen atoms in total. The molecule has 0 aliphatic heterocycles. The van der Waals surface area contributed by atoms with Crippen LogP contribution in [0, 0.1) is 0 Å². The molecule has 186 valence electrons. The normalized spacial score (nSPS) is 17.9. The second kappa shape index (κ2) is 12.4. The van der Waals surface area contributed by atoms with Gasteiger partial charge in [0.15, 0.2) is 0 Å². The van der Waals surface area contributed by atoms with Crippen molar-refractivity contribution in [3.63, 3.8) is 0 Å². The number of nitrogens with one attached hydrogen (secondary N) is 1. The Morgan fingerprint density at radius 2 is 1.71 bits per heavy atom. The van der Waals surface area contributed by atoms with E-state index in [-0.39, 0.29) is 10.6 Å². The molecule has 0 atom stereocenters. The first-order chi connectivity index (χ1) is 21.0. The molecule has 0 saturated carbocycles. The predicted octanol–water partition coefficient (Wildman–Crippen LogP) is 3.90. The lowest BCUT2D eigenvalue weighted by atomic mass is 10.0. The van der Waals surface area contributed by atoms with Gasteiger partial charge in [-0.2, -0.15) is 0 Å². The molecular weight excluding hydrogens is 464 g/mol. The fourth-order valence-electron chi connectivity index (χ4n) is 3.01. The van der Waals surface area contributed by atoms with E-state index in [1.807, 2.05) is 0 Å². The van der Waals surface area contributed by atoms with Crippen molar-refractivity contribution >= 4 is 21.7 Å². The summed E-state index contributed by atoms with van der Waals surface area (Å²) in [4.78, 5) is 20.9.